The zero-order chi connectivity index (χ0) is 19.2. The molecule has 148 valence electrons. The summed E-state index contributed by atoms with van der Waals surface area (Å²) in [5.41, 5.74) is 2.98. The zero-order valence-electron chi connectivity index (χ0n) is 16.9. The summed E-state index contributed by atoms with van der Waals surface area (Å²) in [4.78, 5) is 7.01. The predicted molar refractivity (Wildman–Crippen MR) is 111 cm³/mol. The van der Waals surface area contributed by atoms with E-state index in [2.05, 4.69) is 40.4 Å². The average molecular weight is 373 g/mol. The van der Waals surface area contributed by atoms with Gasteiger partial charge in [-0.05, 0) is 75.6 Å². The highest BCUT2D eigenvalue weighted by molar-refractivity contribution is 5.83. The van der Waals surface area contributed by atoms with Crippen molar-refractivity contribution in [1.29, 1.82) is 0 Å². The monoisotopic (exact) mass is 372 g/mol. The van der Waals surface area contributed by atoms with E-state index in [1.54, 1.807) is 12.1 Å². The number of benzene rings is 1. The van der Waals surface area contributed by atoms with Gasteiger partial charge in [0.05, 0.1) is 5.52 Å². The summed E-state index contributed by atoms with van der Waals surface area (Å²) < 4.78 is 13.8. The number of hydrogen-bond donors (Lipinski definition) is 2. The van der Waals surface area contributed by atoms with Gasteiger partial charge in [0.25, 0.3) is 0 Å². The highest BCUT2D eigenvalue weighted by Gasteiger charge is 2.26. The second-order valence-electron chi connectivity index (χ2n) is 7.56. The van der Waals surface area contributed by atoms with Crippen molar-refractivity contribution >= 4 is 10.9 Å². The number of nitrogens with one attached hydrogen (secondary N) is 2. The quantitative estimate of drug-likeness (QED) is 0.742. The van der Waals surface area contributed by atoms with E-state index in [9.17, 15) is 4.39 Å². The third-order valence-corrected chi connectivity index (χ3v) is 5.81. The Labute approximate surface area is 162 Å². The fourth-order valence-corrected chi connectivity index (χ4v) is 4.25. The fraction of sp³-hybridized carbons (Fsp3) is 0.591. The van der Waals surface area contributed by atoms with Crippen molar-refractivity contribution < 1.29 is 4.39 Å². The Morgan fingerprint density at radius 1 is 1.22 bits per heavy atom. The molecule has 1 aromatic heterocycles. The number of likely N-dealkylation sites (N-methyl/N-ethyl adjacent to an activating group) is 1. The predicted octanol–water partition coefficient (Wildman–Crippen LogP) is 3.65. The molecule has 1 aromatic carbocycles. The van der Waals surface area contributed by atoms with Crippen molar-refractivity contribution in [2.75, 3.05) is 39.3 Å². The number of aryl methyl sites for hydroxylation is 1. The number of aromatic nitrogens is 1. The number of piperidine rings is 1. The molecule has 1 aliphatic rings. The molecule has 2 heterocycles. The van der Waals surface area contributed by atoms with Gasteiger partial charge in [-0.1, -0.05) is 13.8 Å². The summed E-state index contributed by atoms with van der Waals surface area (Å²) >= 11 is 0. The molecule has 1 aliphatic heterocycles. The van der Waals surface area contributed by atoms with Gasteiger partial charge in [0.2, 0.25) is 0 Å². The van der Waals surface area contributed by atoms with E-state index in [0.717, 1.165) is 68.7 Å². The lowest BCUT2D eigenvalue weighted by atomic mass is 9.84. The molecule has 2 aromatic rings. The van der Waals surface area contributed by atoms with Crippen LogP contribution in [0.25, 0.3) is 10.9 Å². The molecule has 0 amide bonds. The van der Waals surface area contributed by atoms with Crippen LogP contribution >= 0.6 is 0 Å². The van der Waals surface area contributed by atoms with Gasteiger partial charge >= 0.3 is 0 Å². The lowest BCUT2D eigenvalue weighted by molar-refractivity contribution is 0.256. The molecule has 3 rings (SSSR count). The molecule has 0 saturated carbocycles. The zero-order valence-corrected chi connectivity index (χ0v) is 16.9. The number of pyridine rings is 1. The normalized spacial score (nSPS) is 16.9. The van der Waals surface area contributed by atoms with E-state index in [0.29, 0.717) is 5.92 Å². The van der Waals surface area contributed by atoms with Crippen molar-refractivity contribution in [2.24, 2.45) is 5.92 Å². The molecule has 1 fully saturated rings. The van der Waals surface area contributed by atoms with Crippen LogP contribution in [-0.4, -0.2) is 49.2 Å². The first-order valence-corrected chi connectivity index (χ1v) is 10.4. The Balaban J connectivity index is 1.91. The van der Waals surface area contributed by atoms with Crippen molar-refractivity contribution in [2.45, 2.75) is 39.7 Å². The summed E-state index contributed by atoms with van der Waals surface area (Å²) in [6.07, 6.45) is 2.32. The largest absolute Gasteiger partial charge is 0.317 e. The molecule has 1 atom stereocenters. The first kappa shape index (κ1) is 20.2. The molecule has 1 saturated heterocycles. The van der Waals surface area contributed by atoms with Crippen LogP contribution in [0.5, 0.6) is 0 Å². The van der Waals surface area contributed by atoms with Crippen LogP contribution in [0.3, 0.4) is 0 Å². The molecule has 4 nitrogen and oxygen atoms in total. The van der Waals surface area contributed by atoms with Crippen LogP contribution in [-0.2, 0) is 0 Å². The lowest BCUT2D eigenvalue weighted by Gasteiger charge is -2.33. The molecule has 0 radical (unpaired) electrons. The molecule has 0 aliphatic carbocycles. The van der Waals surface area contributed by atoms with Gasteiger partial charge in [-0.3, -0.25) is 4.98 Å². The summed E-state index contributed by atoms with van der Waals surface area (Å²) in [5.74, 6) is 0.359. The Bertz CT molecular complexity index is 733. The van der Waals surface area contributed by atoms with Crippen LogP contribution in [0.15, 0.2) is 24.3 Å². The molecule has 0 spiro atoms. The fourth-order valence-electron chi connectivity index (χ4n) is 4.25. The first-order chi connectivity index (χ1) is 13.1. The standard InChI is InChI=1S/C22H33FN4/c1-4-27(5-2)13-12-25-22(17-8-10-24-11-9-17)20-14-16(3)26-21-15-18(23)6-7-19(20)21/h6-7,14-15,17,22,24-25H,4-5,8-13H2,1-3H3. The third kappa shape index (κ3) is 5.03. The maximum absolute atomic E-state index is 13.8. The van der Waals surface area contributed by atoms with Crippen molar-refractivity contribution in [3.63, 3.8) is 0 Å². The van der Waals surface area contributed by atoms with E-state index in [-0.39, 0.29) is 11.9 Å². The Morgan fingerprint density at radius 2 is 1.96 bits per heavy atom. The number of hydrogen-bond acceptors (Lipinski definition) is 4. The van der Waals surface area contributed by atoms with E-state index in [4.69, 9.17) is 0 Å². The van der Waals surface area contributed by atoms with Gasteiger partial charge in [0.15, 0.2) is 0 Å². The van der Waals surface area contributed by atoms with E-state index in [1.807, 2.05) is 13.0 Å². The minimum Gasteiger partial charge on any atom is -0.317 e. The van der Waals surface area contributed by atoms with Crippen LogP contribution in [0.4, 0.5) is 4.39 Å². The first-order valence-electron chi connectivity index (χ1n) is 10.4. The Hall–Kier alpha value is -1.56. The SMILES string of the molecule is CCN(CC)CCNC(c1cc(C)nc2cc(F)ccc12)C1CCNCC1. The molecular weight excluding hydrogens is 339 g/mol. The van der Waals surface area contributed by atoms with Gasteiger partial charge in [-0.15, -0.1) is 0 Å². The van der Waals surface area contributed by atoms with Gasteiger partial charge in [0.1, 0.15) is 5.82 Å². The highest BCUT2D eigenvalue weighted by Crippen LogP contribution is 2.33. The van der Waals surface area contributed by atoms with Crippen LogP contribution in [0, 0.1) is 18.7 Å². The van der Waals surface area contributed by atoms with Gasteiger partial charge in [-0.25, -0.2) is 4.39 Å². The highest BCUT2D eigenvalue weighted by atomic mass is 19.1. The maximum atomic E-state index is 13.8. The molecule has 0 bridgehead atoms. The molecule has 5 heteroatoms. The molecule has 1 unspecified atom stereocenters. The number of rotatable bonds is 8. The van der Waals surface area contributed by atoms with Crippen molar-refractivity contribution in [3.05, 3.63) is 41.3 Å². The minimum atomic E-state index is -0.223. The Morgan fingerprint density at radius 3 is 2.67 bits per heavy atom. The van der Waals surface area contributed by atoms with Crippen LogP contribution in [0.2, 0.25) is 0 Å². The number of halogens is 1. The summed E-state index contributed by atoms with van der Waals surface area (Å²) in [7, 11) is 0. The van der Waals surface area contributed by atoms with Crippen LogP contribution < -0.4 is 10.6 Å². The van der Waals surface area contributed by atoms with Gasteiger partial charge in [-0.2, -0.15) is 0 Å². The smallest absolute Gasteiger partial charge is 0.125 e. The second kappa shape index (κ2) is 9.58. The lowest BCUT2D eigenvalue weighted by Crippen LogP contribution is -2.39. The number of fused-ring (bicyclic) bond motifs is 1. The maximum Gasteiger partial charge on any atom is 0.125 e. The average Bonchev–Trinajstić information content (AvgIpc) is 2.68. The topological polar surface area (TPSA) is 40.2 Å². The second-order valence-corrected chi connectivity index (χ2v) is 7.56. The van der Waals surface area contributed by atoms with Gasteiger partial charge in [0, 0.05) is 36.3 Å². The number of nitrogens with zero attached hydrogens (tertiary/aromatic N) is 2. The van der Waals surface area contributed by atoms with Crippen LogP contribution in [0.1, 0.15) is 44.0 Å². The van der Waals surface area contributed by atoms with E-state index < -0.39 is 0 Å². The van der Waals surface area contributed by atoms with E-state index in [1.165, 1.54) is 5.56 Å². The molecule has 2 N–H and O–H groups in total. The van der Waals surface area contributed by atoms with E-state index >= 15 is 0 Å². The minimum absolute atomic E-state index is 0.223. The summed E-state index contributed by atoms with van der Waals surface area (Å²) in [6.45, 7) is 12.7. The van der Waals surface area contributed by atoms with Crippen molar-refractivity contribution in [3.8, 4) is 0 Å². The third-order valence-electron chi connectivity index (χ3n) is 5.81. The molecule has 27 heavy (non-hydrogen) atoms. The Kier molecular flexibility index (Phi) is 7.16. The summed E-state index contributed by atoms with van der Waals surface area (Å²) in [5, 5.41) is 8.39. The summed E-state index contributed by atoms with van der Waals surface area (Å²) in [6, 6.07) is 7.47. The molecular formula is C22H33FN4. The van der Waals surface area contributed by atoms with Crippen molar-refractivity contribution in [1.82, 2.24) is 20.5 Å². The van der Waals surface area contributed by atoms with Gasteiger partial charge < -0.3 is 15.5 Å².